The Balaban J connectivity index is 1.55. The van der Waals surface area contributed by atoms with E-state index in [1.807, 2.05) is 78.9 Å². The van der Waals surface area contributed by atoms with E-state index < -0.39 is 0 Å². The normalized spacial score (nSPS) is 11.6. The summed E-state index contributed by atoms with van der Waals surface area (Å²) < 4.78 is 0. The summed E-state index contributed by atoms with van der Waals surface area (Å²) in [5, 5.41) is 9.44. The molecule has 0 saturated carbocycles. The van der Waals surface area contributed by atoms with Crippen LogP contribution in [0, 0.1) is 0 Å². The second-order valence-corrected chi connectivity index (χ2v) is 6.39. The highest BCUT2D eigenvalue weighted by Gasteiger charge is 2.14. The predicted octanol–water partition coefficient (Wildman–Crippen LogP) is 4.02. The Labute approximate surface area is 160 Å². The number of carbonyl (C=O) groups is 1. The number of benzene rings is 3. The van der Waals surface area contributed by atoms with E-state index in [4.69, 9.17) is 0 Å². The van der Waals surface area contributed by atoms with E-state index in [0.29, 0.717) is 13.1 Å². The predicted molar refractivity (Wildman–Crippen MR) is 109 cm³/mol. The van der Waals surface area contributed by atoms with Crippen molar-refractivity contribution in [3.8, 4) is 0 Å². The summed E-state index contributed by atoms with van der Waals surface area (Å²) in [5.74, 6) is 0. The van der Waals surface area contributed by atoms with Crippen molar-refractivity contribution in [3.05, 3.63) is 108 Å². The molecule has 0 radical (unpaired) electrons. The molecule has 0 heterocycles. The third-order valence-electron chi connectivity index (χ3n) is 4.32. The first-order valence-electron chi connectivity index (χ1n) is 9.19. The maximum atomic E-state index is 12.4. The second-order valence-electron chi connectivity index (χ2n) is 6.39. The molecule has 4 nitrogen and oxygen atoms in total. The first-order chi connectivity index (χ1) is 13.3. The van der Waals surface area contributed by atoms with Crippen LogP contribution >= 0.6 is 0 Å². The quantitative estimate of drug-likeness (QED) is 0.569. The van der Waals surface area contributed by atoms with Crippen molar-refractivity contribution < 1.29 is 4.79 Å². The summed E-state index contributed by atoms with van der Waals surface area (Å²) in [6.45, 7) is 1.92. The molecule has 2 amide bonds. The van der Waals surface area contributed by atoms with Gasteiger partial charge in [-0.05, 0) is 16.7 Å². The van der Waals surface area contributed by atoms with Crippen LogP contribution in [-0.4, -0.2) is 12.6 Å². The van der Waals surface area contributed by atoms with Crippen LogP contribution < -0.4 is 16.0 Å². The number of amides is 2. The van der Waals surface area contributed by atoms with Crippen molar-refractivity contribution in [1.82, 2.24) is 16.0 Å². The van der Waals surface area contributed by atoms with Crippen LogP contribution in [0.2, 0.25) is 0 Å². The monoisotopic (exact) mass is 359 g/mol. The molecule has 0 aliphatic heterocycles. The minimum absolute atomic E-state index is 0.106. The van der Waals surface area contributed by atoms with E-state index >= 15 is 0 Å². The lowest BCUT2D eigenvalue weighted by atomic mass is 10.1. The number of rotatable bonds is 8. The van der Waals surface area contributed by atoms with Crippen molar-refractivity contribution >= 4 is 6.03 Å². The molecule has 4 heteroatoms. The largest absolute Gasteiger partial charge is 0.334 e. The minimum Gasteiger partial charge on any atom is -0.334 e. The molecule has 0 saturated heterocycles. The fraction of sp³-hybridized carbons (Fsp3) is 0.174. The van der Waals surface area contributed by atoms with Gasteiger partial charge in [-0.3, -0.25) is 0 Å². The topological polar surface area (TPSA) is 53.2 Å². The molecule has 0 spiro atoms. The van der Waals surface area contributed by atoms with Gasteiger partial charge in [-0.2, -0.15) is 0 Å². The Bertz CT molecular complexity index is 807. The summed E-state index contributed by atoms with van der Waals surface area (Å²) in [6, 6.07) is 29.9. The van der Waals surface area contributed by atoms with Gasteiger partial charge >= 0.3 is 6.03 Å². The Hall–Kier alpha value is -3.11. The number of hydrogen-bond acceptors (Lipinski definition) is 2. The lowest BCUT2D eigenvalue weighted by Crippen LogP contribution is -2.41. The first-order valence-corrected chi connectivity index (χ1v) is 9.19. The van der Waals surface area contributed by atoms with E-state index in [9.17, 15) is 4.79 Å². The Kier molecular flexibility index (Phi) is 7.01. The van der Waals surface area contributed by atoms with Gasteiger partial charge in [0.15, 0.2) is 0 Å². The van der Waals surface area contributed by atoms with Gasteiger partial charge in [-0.25, -0.2) is 4.79 Å². The molecule has 0 aliphatic carbocycles. The number of hydrogen-bond donors (Lipinski definition) is 3. The average molecular weight is 359 g/mol. The van der Waals surface area contributed by atoms with Gasteiger partial charge in [0.1, 0.15) is 0 Å². The molecular weight excluding hydrogens is 334 g/mol. The van der Waals surface area contributed by atoms with Crippen LogP contribution in [0.4, 0.5) is 4.79 Å². The average Bonchev–Trinajstić information content (AvgIpc) is 2.74. The SMILES string of the molecule is O=C(NCc1ccccc1)N[C@@H](CNCc1ccccc1)c1ccccc1. The minimum atomic E-state index is -0.172. The number of urea groups is 1. The summed E-state index contributed by atoms with van der Waals surface area (Å²) in [5.41, 5.74) is 3.37. The lowest BCUT2D eigenvalue weighted by Gasteiger charge is -2.20. The molecular formula is C23H25N3O. The standard InChI is InChI=1S/C23H25N3O/c27-23(25-17-20-12-6-2-7-13-20)26-22(21-14-8-3-9-15-21)18-24-16-19-10-4-1-5-11-19/h1-15,22,24H,16-18H2,(H2,25,26,27)/t22-/m0/s1. The Morgan fingerprint density at radius 3 is 1.81 bits per heavy atom. The molecule has 1 atom stereocenters. The zero-order valence-electron chi connectivity index (χ0n) is 15.3. The maximum absolute atomic E-state index is 12.4. The Morgan fingerprint density at radius 1 is 0.704 bits per heavy atom. The van der Waals surface area contributed by atoms with E-state index in [1.165, 1.54) is 5.56 Å². The van der Waals surface area contributed by atoms with Crippen molar-refractivity contribution in [2.24, 2.45) is 0 Å². The fourth-order valence-corrected chi connectivity index (χ4v) is 2.88. The van der Waals surface area contributed by atoms with Gasteiger partial charge in [0, 0.05) is 19.6 Å². The molecule has 0 unspecified atom stereocenters. The van der Waals surface area contributed by atoms with Crippen LogP contribution in [0.3, 0.4) is 0 Å². The van der Waals surface area contributed by atoms with Crippen LogP contribution in [0.1, 0.15) is 22.7 Å². The van der Waals surface area contributed by atoms with Crippen LogP contribution in [0.15, 0.2) is 91.0 Å². The molecule has 0 bridgehead atoms. The molecule has 3 rings (SSSR count). The van der Waals surface area contributed by atoms with Gasteiger partial charge in [-0.15, -0.1) is 0 Å². The van der Waals surface area contributed by atoms with Crippen molar-refractivity contribution in [3.63, 3.8) is 0 Å². The van der Waals surface area contributed by atoms with Crippen molar-refractivity contribution in [1.29, 1.82) is 0 Å². The third-order valence-corrected chi connectivity index (χ3v) is 4.32. The van der Waals surface area contributed by atoms with Crippen LogP contribution in [0.25, 0.3) is 0 Å². The highest BCUT2D eigenvalue weighted by atomic mass is 16.2. The van der Waals surface area contributed by atoms with Gasteiger partial charge in [0.2, 0.25) is 0 Å². The molecule has 3 aromatic carbocycles. The molecule has 3 N–H and O–H groups in total. The fourth-order valence-electron chi connectivity index (χ4n) is 2.88. The third kappa shape index (κ3) is 6.28. The summed E-state index contributed by atoms with van der Waals surface area (Å²) >= 11 is 0. The van der Waals surface area contributed by atoms with E-state index in [-0.39, 0.29) is 12.1 Å². The van der Waals surface area contributed by atoms with Gasteiger partial charge in [0.25, 0.3) is 0 Å². The van der Waals surface area contributed by atoms with E-state index in [2.05, 4.69) is 28.1 Å². The van der Waals surface area contributed by atoms with Gasteiger partial charge < -0.3 is 16.0 Å². The van der Waals surface area contributed by atoms with Crippen LogP contribution in [-0.2, 0) is 13.1 Å². The first kappa shape index (κ1) is 18.7. The molecule has 0 aliphatic rings. The Morgan fingerprint density at radius 2 is 1.22 bits per heavy atom. The molecule has 27 heavy (non-hydrogen) atoms. The highest BCUT2D eigenvalue weighted by Crippen LogP contribution is 2.12. The number of carbonyl (C=O) groups excluding carboxylic acids is 1. The molecule has 3 aromatic rings. The molecule has 138 valence electrons. The van der Waals surface area contributed by atoms with E-state index in [1.54, 1.807) is 0 Å². The highest BCUT2D eigenvalue weighted by molar-refractivity contribution is 5.74. The molecule has 0 aromatic heterocycles. The van der Waals surface area contributed by atoms with E-state index in [0.717, 1.165) is 17.7 Å². The van der Waals surface area contributed by atoms with Gasteiger partial charge in [0.05, 0.1) is 6.04 Å². The number of nitrogens with one attached hydrogen (secondary N) is 3. The lowest BCUT2D eigenvalue weighted by molar-refractivity contribution is 0.236. The summed E-state index contributed by atoms with van der Waals surface area (Å²) in [6.07, 6.45) is 0. The summed E-state index contributed by atoms with van der Waals surface area (Å²) in [7, 11) is 0. The molecule has 0 fully saturated rings. The zero-order chi connectivity index (χ0) is 18.7. The van der Waals surface area contributed by atoms with Crippen molar-refractivity contribution in [2.75, 3.05) is 6.54 Å². The van der Waals surface area contributed by atoms with Crippen molar-refractivity contribution in [2.45, 2.75) is 19.1 Å². The van der Waals surface area contributed by atoms with Crippen LogP contribution in [0.5, 0.6) is 0 Å². The smallest absolute Gasteiger partial charge is 0.315 e. The maximum Gasteiger partial charge on any atom is 0.315 e. The second kappa shape index (κ2) is 10.1. The summed E-state index contributed by atoms with van der Waals surface area (Å²) in [4.78, 5) is 12.4. The van der Waals surface area contributed by atoms with Gasteiger partial charge in [-0.1, -0.05) is 91.0 Å². The zero-order valence-corrected chi connectivity index (χ0v) is 15.3.